The van der Waals surface area contributed by atoms with E-state index in [1.165, 1.54) is 37.7 Å². The molecule has 5 heteroatoms. The second kappa shape index (κ2) is 7.31. The summed E-state index contributed by atoms with van der Waals surface area (Å²) in [6.07, 6.45) is 7.44. The van der Waals surface area contributed by atoms with Crippen LogP contribution in [0.2, 0.25) is 0 Å². The monoisotopic (exact) mass is 278 g/mol. The van der Waals surface area contributed by atoms with E-state index in [4.69, 9.17) is 4.52 Å². The molecule has 0 bridgehead atoms. The number of nitrogens with zero attached hydrogens (tertiary/aromatic N) is 2. The van der Waals surface area contributed by atoms with Gasteiger partial charge in [0.15, 0.2) is 5.96 Å². The molecule has 0 spiro atoms. The smallest absolute Gasteiger partial charge is 0.191 e. The van der Waals surface area contributed by atoms with Gasteiger partial charge in [-0.3, -0.25) is 4.99 Å². The molecule has 0 amide bonds. The van der Waals surface area contributed by atoms with Gasteiger partial charge >= 0.3 is 0 Å². The Kier molecular flexibility index (Phi) is 5.44. The fourth-order valence-electron chi connectivity index (χ4n) is 2.80. The average Bonchev–Trinajstić information content (AvgIpc) is 2.79. The molecule has 0 saturated heterocycles. The van der Waals surface area contributed by atoms with Crippen molar-refractivity contribution in [2.45, 2.75) is 58.4 Å². The van der Waals surface area contributed by atoms with Crippen LogP contribution in [0.5, 0.6) is 0 Å². The van der Waals surface area contributed by atoms with Crippen molar-refractivity contribution in [3.8, 4) is 0 Å². The highest BCUT2D eigenvalue weighted by molar-refractivity contribution is 5.79. The second-order valence-electron chi connectivity index (χ2n) is 5.53. The predicted octanol–water partition coefficient (Wildman–Crippen LogP) is 2.33. The number of aliphatic imine (C=N–C) groups is 1. The Morgan fingerprint density at radius 3 is 2.65 bits per heavy atom. The molecule has 1 saturated carbocycles. The van der Waals surface area contributed by atoms with Crippen LogP contribution >= 0.6 is 0 Å². The SMILES string of the molecule is CN=C(NCCc1c(C)noc1C)NC1CCCCC1. The van der Waals surface area contributed by atoms with Gasteiger partial charge in [-0.15, -0.1) is 0 Å². The number of hydrogen-bond acceptors (Lipinski definition) is 3. The largest absolute Gasteiger partial charge is 0.361 e. The molecule has 0 unspecified atom stereocenters. The summed E-state index contributed by atoms with van der Waals surface area (Å²) < 4.78 is 5.18. The average molecular weight is 278 g/mol. The van der Waals surface area contributed by atoms with Gasteiger partial charge in [-0.05, 0) is 33.1 Å². The molecule has 1 heterocycles. The highest BCUT2D eigenvalue weighted by Gasteiger charge is 2.14. The van der Waals surface area contributed by atoms with Gasteiger partial charge in [0.05, 0.1) is 5.69 Å². The zero-order chi connectivity index (χ0) is 14.4. The van der Waals surface area contributed by atoms with E-state index in [0.717, 1.165) is 30.4 Å². The first-order valence-corrected chi connectivity index (χ1v) is 7.59. The van der Waals surface area contributed by atoms with Crippen LogP contribution in [0.15, 0.2) is 9.52 Å². The van der Waals surface area contributed by atoms with E-state index in [1.807, 2.05) is 20.9 Å². The van der Waals surface area contributed by atoms with Crippen LogP contribution in [0.25, 0.3) is 0 Å². The molecule has 0 atom stereocenters. The molecule has 1 aromatic rings. The lowest BCUT2D eigenvalue weighted by Gasteiger charge is -2.24. The first-order chi connectivity index (χ1) is 9.70. The summed E-state index contributed by atoms with van der Waals surface area (Å²) in [4.78, 5) is 4.30. The van der Waals surface area contributed by atoms with Gasteiger partial charge in [0.2, 0.25) is 0 Å². The van der Waals surface area contributed by atoms with Crippen LogP contribution in [0, 0.1) is 13.8 Å². The van der Waals surface area contributed by atoms with E-state index in [1.54, 1.807) is 0 Å². The van der Waals surface area contributed by atoms with Gasteiger partial charge < -0.3 is 15.2 Å². The fourth-order valence-corrected chi connectivity index (χ4v) is 2.80. The van der Waals surface area contributed by atoms with E-state index in [-0.39, 0.29) is 0 Å². The molecule has 2 N–H and O–H groups in total. The minimum Gasteiger partial charge on any atom is -0.361 e. The van der Waals surface area contributed by atoms with Gasteiger partial charge in [0, 0.05) is 25.2 Å². The van der Waals surface area contributed by atoms with Crippen molar-refractivity contribution >= 4 is 5.96 Å². The maximum absolute atomic E-state index is 5.18. The quantitative estimate of drug-likeness (QED) is 0.655. The molecular weight excluding hydrogens is 252 g/mol. The molecule has 2 rings (SSSR count). The highest BCUT2D eigenvalue weighted by Crippen LogP contribution is 2.17. The third-order valence-corrected chi connectivity index (χ3v) is 4.02. The summed E-state index contributed by atoms with van der Waals surface area (Å²) in [7, 11) is 1.83. The van der Waals surface area contributed by atoms with Crippen molar-refractivity contribution in [3.63, 3.8) is 0 Å². The van der Waals surface area contributed by atoms with Crippen LogP contribution in [-0.4, -0.2) is 30.8 Å². The summed E-state index contributed by atoms with van der Waals surface area (Å²) in [6.45, 7) is 4.79. The van der Waals surface area contributed by atoms with Crippen molar-refractivity contribution < 1.29 is 4.52 Å². The number of guanidine groups is 1. The summed E-state index contributed by atoms with van der Waals surface area (Å²) in [5.41, 5.74) is 2.19. The molecule has 112 valence electrons. The number of rotatable bonds is 4. The van der Waals surface area contributed by atoms with Gasteiger partial charge in [-0.1, -0.05) is 24.4 Å². The molecule has 1 fully saturated rings. The summed E-state index contributed by atoms with van der Waals surface area (Å²) in [5.74, 6) is 1.82. The molecular formula is C15H26N4O. The van der Waals surface area contributed by atoms with Crippen molar-refractivity contribution in [1.29, 1.82) is 0 Å². The van der Waals surface area contributed by atoms with Crippen LogP contribution in [0.3, 0.4) is 0 Å². The van der Waals surface area contributed by atoms with Gasteiger partial charge in [-0.25, -0.2) is 0 Å². The van der Waals surface area contributed by atoms with Crippen molar-refractivity contribution in [3.05, 3.63) is 17.0 Å². The standard InChI is InChI=1S/C15H26N4O/c1-11-14(12(2)20-19-11)9-10-17-15(16-3)18-13-7-5-4-6-8-13/h13H,4-10H2,1-3H3,(H2,16,17,18). The van der Waals surface area contributed by atoms with Crippen molar-refractivity contribution in [2.24, 2.45) is 4.99 Å². The molecule has 20 heavy (non-hydrogen) atoms. The maximum atomic E-state index is 5.18. The highest BCUT2D eigenvalue weighted by atomic mass is 16.5. The maximum Gasteiger partial charge on any atom is 0.191 e. The first kappa shape index (κ1) is 14.9. The molecule has 1 aliphatic carbocycles. The summed E-state index contributed by atoms with van der Waals surface area (Å²) in [6, 6.07) is 0.578. The lowest BCUT2D eigenvalue weighted by atomic mass is 9.96. The number of aryl methyl sites for hydroxylation is 2. The molecule has 5 nitrogen and oxygen atoms in total. The van der Waals surface area contributed by atoms with Gasteiger partial charge in [0.1, 0.15) is 5.76 Å². The van der Waals surface area contributed by atoms with E-state index >= 15 is 0 Å². The Balaban J connectivity index is 1.76. The Bertz CT molecular complexity index is 427. The van der Waals surface area contributed by atoms with E-state index in [0.29, 0.717) is 6.04 Å². The Morgan fingerprint density at radius 1 is 1.30 bits per heavy atom. The zero-order valence-corrected chi connectivity index (χ0v) is 12.8. The number of nitrogens with one attached hydrogen (secondary N) is 2. The number of aromatic nitrogens is 1. The van der Waals surface area contributed by atoms with Crippen LogP contribution < -0.4 is 10.6 Å². The lowest BCUT2D eigenvalue weighted by molar-refractivity contribution is 0.392. The third-order valence-electron chi connectivity index (χ3n) is 4.02. The Labute approximate surface area is 121 Å². The Morgan fingerprint density at radius 2 is 2.05 bits per heavy atom. The second-order valence-corrected chi connectivity index (χ2v) is 5.53. The van der Waals surface area contributed by atoms with Crippen LogP contribution in [0.4, 0.5) is 0 Å². The number of hydrogen-bond donors (Lipinski definition) is 2. The van der Waals surface area contributed by atoms with Gasteiger partial charge in [0.25, 0.3) is 0 Å². The van der Waals surface area contributed by atoms with Gasteiger partial charge in [-0.2, -0.15) is 0 Å². The minimum atomic E-state index is 0.578. The predicted molar refractivity (Wildman–Crippen MR) is 81.1 cm³/mol. The molecule has 0 radical (unpaired) electrons. The molecule has 1 aliphatic rings. The minimum absolute atomic E-state index is 0.578. The van der Waals surface area contributed by atoms with Crippen LogP contribution in [-0.2, 0) is 6.42 Å². The topological polar surface area (TPSA) is 62.5 Å². The zero-order valence-electron chi connectivity index (χ0n) is 12.8. The third kappa shape index (κ3) is 3.99. The van der Waals surface area contributed by atoms with E-state index in [9.17, 15) is 0 Å². The normalized spacial score (nSPS) is 17.2. The van der Waals surface area contributed by atoms with Crippen molar-refractivity contribution in [2.75, 3.05) is 13.6 Å². The molecule has 0 aliphatic heterocycles. The summed E-state index contributed by atoms with van der Waals surface area (Å²) in [5, 5.41) is 10.9. The van der Waals surface area contributed by atoms with Crippen LogP contribution in [0.1, 0.15) is 49.1 Å². The molecule has 0 aromatic carbocycles. The molecule has 1 aromatic heterocycles. The van der Waals surface area contributed by atoms with Crippen molar-refractivity contribution in [1.82, 2.24) is 15.8 Å². The fraction of sp³-hybridized carbons (Fsp3) is 0.733. The summed E-state index contributed by atoms with van der Waals surface area (Å²) >= 11 is 0. The first-order valence-electron chi connectivity index (χ1n) is 7.59. The Hall–Kier alpha value is -1.52. The lowest BCUT2D eigenvalue weighted by Crippen LogP contribution is -2.44. The van der Waals surface area contributed by atoms with E-state index in [2.05, 4.69) is 20.8 Å². The van der Waals surface area contributed by atoms with E-state index < -0.39 is 0 Å².